The summed E-state index contributed by atoms with van der Waals surface area (Å²) in [6, 6.07) is 4.95. The number of benzene rings is 1. The van der Waals surface area contributed by atoms with E-state index in [0.717, 1.165) is 37.7 Å². The third-order valence-corrected chi connectivity index (χ3v) is 4.17. The minimum Gasteiger partial charge on any atom is -0.366 e. The monoisotopic (exact) mass is 289 g/mol. The van der Waals surface area contributed by atoms with Gasteiger partial charge in [0.25, 0.3) is 0 Å². The fourth-order valence-corrected chi connectivity index (χ4v) is 2.84. The first-order valence-electron chi connectivity index (χ1n) is 7.46. The van der Waals surface area contributed by atoms with Crippen LogP contribution in [0.4, 0.5) is 5.69 Å². The molecule has 21 heavy (non-hydrogen) atoms. The number of carbonyl (C=O) groups excluding carboxylic acids is 2. The molecular weight excluding hydrogens is 266 g/mol. The molecule has 114 valence electrons. The predicted molar refractivity (Wildman–Crippen MR) is 82.9 cm³/mol. The molecule has 0 bridgehead atoms. The third kappa shape index (κ3) is 3.82. The highest BCUT2D eigenvalue weighted by molar-refractivity contribution is 5.96. The number of hydrogen-bond acceptors (Lipinski definition) is 3. The van der Waals surface area contributed by atoms with Gasteiger partial charge in [0.2, 0.25) is 11.8 Å². The SMILES string of the molecule is Cc1cc(C(N)=O)ccc1NC(=O)C1CCCCCC1N. The molecule has 0 heterocycles. The molecule has 2 amide bonds. The standard InChI is InChI=1S/C16H23N3O2/c1-10-9-11(15(18)20)7-8-14(10)19-16(21)12-5-3-2-4-6-13(12)17/h7-9,12-13H,2-6,17H2,1H3,(H2,18,20)(H,19,21). The van der Waals surface area contributed by atoms with E-state index in [9.17, 15) is 9.59 Å². The summed E-state index contributed by atoms with van der Waals surface area (Å²) in [6.45, 7) is 1.84. The van der Waals surface area contributed by atoms with Crippen LogP contribution in [0.15, 0.2) is 18.2 Å². The second kappa shape index (κ2) is 6.72. The first-order chi connectivity index (χ1) is 9.99. The van der Waals surface area contributed by atoms with Crippen molar-refractivity contribution in [3.8, 4) is 0 Å². The van der Waals surface area contributed by atoms with Gasteiger partial charge in [0.15, 0.2) is 0 Å². The minimum atomic E-state index is -0.471. The highest BCUT2D eigenvalue weighted by atomic mass is 16.2. The van der Waals surface area contributed by atoms with Crippen LogP contribution in [0.2, 0.25) is 0 Å². The molecule has 1 aliphatic carbocycles. The van der Waals surface area contributed by atoms with E-state index in [4.69, 9.17) is 11.5 Å². The van der Waals surface area contributed by atoms with Crippen LogP contribution in [0.3, 0.4) is 0 Å². The maximum Gasteiger partial charge on any atom is 0.248 e. The molecule has 1 aromatic carbocycles. The summed E-state index contributed by atoms with van der Waals surface area (Å²) in [7, 11) is 0. The molecule has 2 atom stereocenters. The molecule has 2 unspecified atom stereocenters. The molecular formula is C16H23N3O2. The predicted octanol–water partition coefficient (Wildman–Crippen LogP) is 1.94. The van der Waals surface area contributed by atoms with Crippen molar-refractivity contribution in [1.29, 1.82) is 0 Å². The molecule has 1 aromatic rings. The number of aryl methyl sites for hydroxylation is 1. The maximum absolute atomic E-state index is 12.4. The number of amides is 2. The zero-order chi connectivity index (χ0) is 15.4. The topological polar surface area (TPSA) is 98.2 Å². The van der Waals surface area contributed by atoms with Crippen molar-refractivity contribution in [2.24, 2.45) is 17.4 Å². The lowest BCUT2D eigenvalue weighted by Gasteiger charge is -2.21. The lowest BCUT2D eigenvalue weighted by Crippen LogP contribution is -2.37. The lowest BCUT2D eigenvalue weighted by atomic mass is 9.94. The van der Waals surface area contributed by atoms with Gasteiger partial charge in [-0.1, -0.05) is 19.3 Å². The average Bonchev–Trinajstić information content (AvgIpc) is 2.65. The van der Waals surface area contributed by atoms with Gasteiger partial charge in [-0.15, -0.1) is 0 Å². The van der Waals surface area contributed by atoms with E-state index in [0.29, 0.717) is 11.3 Å². The van der Waals surface area contributed by atoms with Crippen LogP contribution in [-0.4, -0.2) is 17.9 Å². The molecule has 0 saturated heterocycles. The Morgan fingerprint density at radius 2 is 1.90 bits per heavy atom. The smallest absolute Gasteiger partial charge is 0.248 e. The van der Waals surface area contributed by atoms with Gasteiger partial charge in [0.1, 0.15) is 0 Å². The molecule has 0 spiro atoms. The summed E-state index contributed by atoms with van der Waals surface area (Å²) in [5, 5.41) is 2.93. The van der Waals surface area contributed by atoms with Crippen molar-refractivity contribution in [3.05, 3.63) is 29.3 Å². The van der Waals surface area contributed by atoms with Crippen molar-refractivity contribution in [1.82, 2.24) is 0 Å². The van der Waals surface area contributed by atoms with Crippen LogP contribution in [0, 0.1) is 12.8 Å². The van der Waals surface area contributed by atoms with Gasteiger partial charge in [0.05, 0.1) is 5.92 Å². The van der Waals surface area contributed by atoms with Crippen molar-refractivity contribution in [3.63, 3.8) is 0 Å². The summed E-state index contributed by atoms with van der Waals surface area (Å²) >= 11 is 0. The molecule has 1 fully saturated rings. The Balaban J connectivity index is 2.10. The van der Waals surface area contributed by atoms with E-state index < -0.39 is 5.91 Å². The molecule has 1 saturated carbocycles. The van der Waals surface area contributed by atoms with Gasteiger partial charge >= 0.3 is 0 Å². The lowest BCUT2D eigenvalue weighted by molar-refractivity contribution is -0.120. The van der Waals surface area contributed by atoms with Crippen molar-refractivity contribution < 1.29 is 9.59 Å². The molecule has 0 aromatic heterocycles. The Bertz CT molecular complexity index is 542. The van der Waals surface area contributed by atoms with E-state index in [-0.39, 0.29) is 17.9 Å². The fraction of sp³-hybridized carbons (Fsp3) is 0.500. The van der Waals surface area contributed by atoms with Crippen molar-refractivity contribution in [2.75, 3.05) is 5.32 Å². The van der Waals surface area contributed by atoms with E-state index in [1.165, 1.54) is 0 Å². The van der Waals surface area contributed by atoms with Gasteiger partial charge in [0, 0.05) is 17.3 Å². The zero-order valence-corrected chi connectivity index (χ0v) is 12.4. The van der Waals surface area contributed by atoms with Crippen LogP contribution in [0.5, 0.6) is 0 Å². The molecule has 0 radical (unpaired) electrons. The number of hydrogen-bond donors (Lipinski definition) is 3. The molecule has 1 aliphatic rings. The zero-order valence-electron chi connectivity index (χ0n) is 12.4. The normalized spacial score (nSPS) is 22.4. The highest BCUT2D eigenvalue weighted by Crippen LogP contribution is 2.24. The Kier molecular flexibility index (Phi) is 4.96. The summed E-state index contributed by atoms with van der Waals surface area (Å²) < 4.78 is 0. The fourth-order valence-electron chi connectivity index (χ4n) is 2.84. The van der Waals surface area contributed by atoms with Crippen LogP contribution in [0.1, 0.15) is 48.0 Å². The van der Waals surface area contributed by atoms with E-state index in [2.05, 4.69) is 5.32 Å². The molecule has 5 nitrogen and oxygen atoms in total. The first-order valence-corrected chi connectivity index (χ1v) is 7.46. The first kappa shape index (κ1) is 15.5. The highest BCUT2D eigenvalue weighted by Gasteiger charge is 2.27. The number of nitrogens with one attached hydrogen (secondary N) is 1. The number of carbonyl (C=O) groups is 2. The summed E-state index contributed by atoms with van der Waals surface area (Å²) in [5.41, 5.74) is 13.3. The van der Waals surface area contributed by atoms with Crippen molar-refractivity contribution in [2.45, 2.75) is 45.1 Å². The van der Waals surface area contributed by atoms with E-state index in [1.54, 1.807) is 18.2 Å². The van der Waals surface area contributed by atoms with Gasteiger partial charge in [-0.2, -0.15) is 0 Å². The summed E-state index contributed by atoms with van der Waals surface area (Å²) in [4.78, 5) is 23.6. The number of nitrogens with two attached hydrogens (primary N) is 2. The Hall–Kier alpha value is -1.88. The van der Waals surface area contributed by atoms with Crippen LogP contribution >= 0.6 is 0 Å². The number of rotatable bonds is 3. The molecule has 0 aliphatic heterocycles. The Morgan fingerprint density at radius 1 is 1.19 bits per heavy atom. The largest absolute Gasteiger partial charge is 0.366 e. The summed E-state index contributed by atoms with van der Waals surface area (Å²) in [6.07, 6.45) is 5.02. The second-order valence-corrected chi connectivity index (χ2v) is 5.79. The van der Waals surface area contributed by atoms with Gasteiger partial charge in [-0.25, -0.2) is 0 Å². The van der Waals surface area contributed by atoms with Gasteiger partial charge < -0.3 is 16.8 Å². The second-order valence-electron chi connectivity index (χ2n) is 5.79. The quantitative estimate of drug-likeness (QED) is 0.741. The van der Waals surface area contributed by atoms with E-state index >= 15 is 0 Å². The number of anilines is 1. The van der Waals surface area contributed by atoms with Crippen LogP contribution in [0.25, 0.3) is 0 Å². The van der Waals surface area contributed by atoms with Gasteiger partial charge in [-0.05, 0) is 43.5 Å². The third-order valence-electron chi connectivity index (χ3n) is 4.17. The maximum atomic E-state index is 12.4. The van der Waals surface area contributed by atoms with Crippen LogP contribution < -0.4 is 16.8 Å². The van der Waals surface area contributed by atoms with E-state index in [1.807, 2.05) is 6.92 Å². The molecule has 2 rings (SSSR count). The molecule has 5 heteroatoms. The minimum absolute atomic E-state index is 0.0284. The Labute approximate surface area is 125 Å². The Morgan fingerprint density at radius 3 is 2.57 bits per heavy atom. The average molecular weight is 289 g/mol. The van der Waals surface area contributed by atoms with Crippen LogP contribution in [-0.2, 0) is 4.79 Å². The van der Waals surface area contributed by atoms with Gasteiger partial charge in [-0.3, -0.25) is 9.59 Å². The van der Waals surface area contributed by atoms with Crippen molar-refractivity contribution >= 4 is 17.5 Å². The summed E-state index contributed by atoms with van der Waals surface area (Å²) in [5.74, 6) is -0.635. The molecule has 5 N–H and O–H groups in total. The number of primary amides is 1.